The number of carboxylic acid groups (broad SMARTS) is 3. The van der Waals surface area contributed by atoms with Gasteiger partial charge in [-0.25, -0.2) is 0 Å². The van der Waals surface area contributed by atoms with Crippen molar-refractivity contribution in [1.82, 2.24) is 0 Å². The van der Waals surface area contributed by atoms with E-state index in [-0.39, 0.29) is 92.5 Å². The molecule has 0 aromatic carbocycles. The highest BCUT2D eigenvalue weighted by atomic mass is 16.4. The summed E-state index contributed by atoms with van der Waals surface area (Å²) in [6.45, 7) is 1.34. The Hall–Kier alpha value is -4.77. The molecular weight excluding hydrogens is 1330 g/mol. The smallest absolute Gasteiger partial charge is 0.303 e. The van der Waals surface area contributed by atoms with Crippen molar-refractivity contribution in [3.05, 3.63) is 109 Å². The first-order valence-electron chi connectivity index (χ1n) is 35.8. The van der Waals surface area contributed by atoms with E-state index in [1.807, 2.05) is 0 Å². The number of aliphatic hydroxyl groups is 21. The summed E-state index contributed by atoms with van der Waals surface area (Å²) in [6.07, 6.45) is 63.5. The van der Waals surface area contributed by atoms with Crippen molar-refractivity contribution >= 4 is 17.9 Å². The van der Waals surface area contributed by atoms with Crippen molar-refractivity contribution in [2.75, 3.05) is 92.5 Å². The third-order valence-corrected chi connectivity index (χ3v) is 12.1. The molecule has 608 valence electrons. The summed E-state index contributed by atoms with van der Waals surface area (Å²) in [5, 5.41) is 194. The summed E-state index contributed by atoms with van der Waals surface area (Å²) in [4.78, 5) is 30.9. The molecule has 24 N–H and O–H groups in total. The van der Waals surface area contributed by atoms with E-state index in [0.717, 1.165) is 135 Å². The van der Waals surface area contributed by atoms with Gasteiger partial charge in [-0.15, -0.1) is 0 Å². The van der Waals surface area contributed by atoms with Crippen molar-refractivity contribution in [2.24, 2.45) is 0 Å². The molecule has 0 aliphatic heterocycles. The van der Waals surface area contributed by atoms with Crippen LogP contribution in [0.2, 0.25) is 0 Å². The van der Waals surface area contributed by atoms with Crippen molar-refractivity contribution in [1.29, 1.82) is 0 Å². The molecule has 0 aliphatic rings. The summed E-state index contributed by atoms with van der Waals surface area (Å²) in [5.74, 6) is -2.02. The number of hydrogen-bond acceptors (Lipinski definition) is 24. The minimum absolute atomic E-state index is 0.319. The molecule has 0 bridgehead atoms. The van der Waals surface area contributed by atoms with Crippen molar-refractivity contribution in [2.45, 2.75) is 256 Å². The van der Waals surface area contributed by atoms with Gasteiger partial charge in [0, 0.05) is 19.3 Å². The molecule has 0 amide bonds. The lowest BCUT2D eigenvalue weighted by molar-refractivity contribution is -0.138. The first kappa shape index (κ1) is 118. The van der Waals surface area contributed by atoms with Crippen LogP contribution in [0.4, 0.5) is 0 Å². The zero-order valence-corrected chi connectivity index (χ0v) is 62.0. The number of carbonyl (C=O) groups is 3. The molecule has 0 saturated heterocycles. The van der Waals surface area contributed by atoms with E-state index in [0.29, 0.717) is 19.3 Å². The minimum atomic E-state index is -0.954. The Kier molecular flexibility index (Phi) is 133. The second-order valence-electron chi connectivity index (χ2n) is 22.1. The quantitative estimate of drug-likeness (QED) is 0.0271. The Morgan fingerprint density at radius 1 is 0.206 bits per heavy atom. The molecule has 0 fully saturated rings. The number of carboxylic acids is 3. The molecule has 0 unspecified atom stereocenters. The molecule has 27 heteroatoms. The lowest BCUT2D eigenvalue weighted by Crippen LogP contribution is -2.15. The minimum Gasteiger partial charge on any atom is -0.481 e. The van der Waals surface area contributed by atoms with E-state index in [1.54, 1.807) is 0 Å². The summed E-state index contributed by atoms with van der Waals surface area (Å²) >= 11 is 0. The molecule has 0 heterocycles. The fourth-order valence-electron chi connectivity index (χ4n) is 6.09. The molecule has 0 rings (SSSR count). The maximum atomic E-state index is 10.3. The van der Waals surface area contributed by atoms with Crippen molar-refractivity contribution < 1.29 is 137 Å². The first-order chi connectivity index (χ1) is 49.0. The van der Waals surface area contributed by atoms with Gasteiger partial charge >= 0.3 is 17.9 Å². The number of aliphatic carboxylic acids is 3. The van der Waals surface area contributed by atoms with Crippen LogP contribution in [0.25, 0.3) is 0 Å². The Labute approximate surface area is 610 Å². The van der Waals surface area contributed by atoms with Crippen LogP contribution in [0.15, 0.2) is 109 Å². The highest BCUT2D eigenvalue weighted by Crippen LogP contribution is 2.10. The van der Waals surface area contributed by atoms with E-state index >= 15 is 0 Å². The first-order valence-corrected chi connectivity index (χ1v) is 35.8. The van der Waals surface area contributed by atoms with Crippen LogP contribution in [0.3, 0.4) is 0 Å². The van der Waals surface area contributed by atoms with Crippen LogP contribution in [-0.4, -0.2) is 276 Å². The van der Waals surface area contributed by atoms with Gasteiger partial charge in [0.05, 0.1) is 92.5 Å². The Balaban J connectivity index is -0.000000122. The average Bonchev–Trinajstić information content (AvgIpc) is 3.70. The second kappa shape index (κ2) is 115. The summed E-state index contributed by atoms with van der Waals surface area (Å²) < 4.78 is 0. The zero-order valence-electron chi connectivity index (χ0n) is 62.0. The van der Waals surface area contributed by atoms with E-state index in [4.69, 9.17) is 123 Å². The van der Waals surface area contributed by atoms with Gasteiger partial charge in [-0.05, 0) is 116 Å². The molecule has 27 nitrogen and oxygen atoms in total. The van der Waals surface area contributed by atoms with Crippen LogP contribution < -0.4 is 0 Å². The van der Waals surface area contributed by atoms with Gasteiger partial charge in [-0.1, -0.05) is 188 Å². The molecule has 0 aliphatic carbocycles. The number of allylic oxidation sites excluding steroid dienone is 18. The predicted molar refractivity (Wildman–Crippen MR) is 402 cm³/mol. The molecule has 0 aromatic heterocycles. The number of aliphatic hydroxyl groups excluding tert-OH is 21. The highest BCUT2D eigenvalue weighted by Gasteiger charge is 2.01. The summed E-state index contributed by atoms with van der Waals surface area (Å²) in [6, 6.07) is 0. The second-order valence-corrected chi connectivity index (χ2v) is 22.1. The van der Waals surface area contributed by atoms with E-state index < -0.39 is 60.6 Å². The van der Waals surface area contributed by atoms with Gasteiger partial charge in [0.25, 0.3) is 0 Å². The lowest BCUT2D eigenvalue weighted by Gasteiger charge is -1.98. The number of rotatable bonds is 53. The van der Waals surface area contributed by atoms with Gasteiger partial charge < -0.3 is 123 Å². The highest BCUT2D eigenvalue weighted by molar-refractivity contribution is 5.67. The normalized spacial score (nSPS) is 11.2. The molecule has 102 heavy (non-hydrogen) atoms. The number of unbranched alkanes of at least 4 members (excludes halogenated alkanes) is 15. The van der Waals surface area contributed by atoms with Crippen LogP contribution in [0.1, 0.15) is 213 Å². The molecular formula is C75H146O27. The van der Waals surface area contributed by atoms with Gasteiger partial charge in [0.15, 0.2) is 0 Å². The Bertz CT molecular complexity index is 1560. The van der Waals surface area contributed by atoms with Gasteiger partial charge in [-0.2, -0.15) is 0 Å². The molecule has 0 atom stereocenters. The SMILES string of the molecule is CC/C=C\C/C=C\C/C=C\CCCCCCCC(=O)O.CC/C=C\C/C=C\C/C=C\CCCCCCCC(=O)O.CC/C=C\C/C=C\C/C=C\CCCCCCCC(=O)O.OCC(O)CO.OCC(O)CO.OCC(O)CO.OCC(O)CO.OCC(O)CO.OCC(O)CO.OCC(O)CO. The van der Waals surface area contributed by atoms with E-state index in [1.165, 1.54) is 38.5 Å². The molecule has 0 aromatic rings. The maximum Gasteiger partial charge on any atom is 0.303 e. The van der Waals surface area contributed by atoms with Gasteiger partial charge in [0.1, 0.15) is 42.7 Å². The monoisotopic (exact) mass is 1480 g/mol. The molecule has 0 saturated carbocycles. The van der Waals surface area contributed by atoms with Crippen LogP contribution in [0, 0.1) is 0 Å². The molecule has 0 radical (unpaired) electrons. The van der Waals surface area contributed by atoms with E-state index in [2.05, 4.69) is 130 Å². The van der Waals surface area contributed by atoms with Crippen LogP contribution in [-0.2, 0) is 14.4 Å². The largest absolute Gasteiger partial charge is 0.481 e. The fraction of sp³-hybridized carbons (Fsp3) is 0.720. The summed E-state index contributed by atoms with van der Waals surface area (Å²) in [7, 11) is 0. The lowest BCUT2D eigenvalue weighted by atomic mass is 10.1. The summed E-state index contributed by atoms with van der Waals surface area (Å²) in [5.41, 5.74) is 0. The fourth-order valence-corrected chi connectivity index (χ4v) is 6.09. The van der Waals surface area contributed by atoms with E-state index in [9.17, 15) is 14.4 Å². The zero-order chi connectivity index (χ0) is 79.6. The van der Waals surface area contributed by atoms with Gasteiger partial charge in [0.2, 0.25) is 0 Å². The van der Waals surface area contributed by atoms with Crippen molar-refractivity contribution in [3.63, 3.8) is 0 Å². The third-order valence-electron chi connectivity index (χ3n) is 12.1. The topological polar surface area (TPSA) is 537 Å². The van der Waals surface area contributed by atoms with Gasteiger partial charge in [-0.3, -0.25) is 14.4 Å². The van der Waals surface area contributed by atoms with Crippen molar-refractivity contribution in [3.8, 4) is 0 Å². The average molecular weight is 1480 g/mol. The number of hydrogen-bond donors (Lipinski definition) is 24. The third kappa shape index (κ3) is 153. The molecule has 0 spiro atoms. The van der Waals surface area contributed by atoms with Crippen LogP contribution in [0.5, 0.6) is 0 Å². The predicted octanol–water partition coefficient (Wildman–Crippen LogP) is 5.30. The Morgan fingerprint density at radius 2 is 0.333 bits per heavy atom. The van der Waals surface area contributed by atoms with Crippen LogP contribution >= 0.6 is 0 Å². The maximum absolute atomic E-state index is 10.3. The Morgan fingerprint density at radius 3 is 0.461 bits per heavy atom. The standard InChI is InChI=1S/3C18H30O2.7C3H8O3/c3*1-2-3-4-5-6-7-8-9-10-11-12-13-14-15-16-17-18(19)20;7*4-1-3(6)2-5/h3*3-4,6-7,9-10H,2,5,8,11-17H2,1H3,(H,19,20);7*3-6H,1-2H2/b3*4-3-,7-6-,10-9-;;;;;;;.